The summed E-state index contributed by atoms with van der Waals surface area (Å²) in [6.45, 7) is 5.52. The predicted molar refractivity (Wildman–Crippen MR) is 216 cm³/mol. The van der Waals surface area contributed by atoms with Crippen molar-refractivity contribution in [3.8, 4) is 11.5 Å². The number of nitrogen functional groups attached to an aromatic ring is 2. The zero-order valence-electron chi connectivity index (χ0n) is 33.1. The fourth-order valence-corrected chi connectivity index (χ4v) is 6.91. The number of anilines is 2. The lowest BCUT2D eigenvalue weighted by molar-refractivity contribution is -0.933. The molecular weight excluding hydrogens is 740 g/mol. The Kier molecular flexibility index (Phi) is 17.4. The van der Waals surface area contributed by atoms with Crippen LogP contribution in [-0.2, 0) is 31.9 Å². The van der Waals surface area contributed by atoms with E-state index in [1.807, 2.05) is 48.5 Å². The van der Waals surface area contributed by atoms with Crippen molar-refractivity contribution in [1.29, 1.82) is 0 Å². The van der Waals surface area contributed by atoms with E-state index in [-0.39, 0.29) is 53.6 Å². The van der Waals surface area contributed by atoms with Crippen molar-refractivity contribution >= 4 is 41.0 Å². The number of amides is 3. The summed E-state index contributed by atoms with van der Waals surface area (Å²) in [5, 5.41) is 3.09. The van der Waals surface area contributed by atoms with Gasteiger partial charge in [0.1, 0.15) is 11.5 Å². The highest BCUT2D eigenvalue weighted by Crippen LogP contribution is 2.25. The second-order valence-corrected chi connectivity index (χ2v) is 14.7. The summed E-state index contributed by atoms with van der Waals surface area (Å²) >= 11 is 6.07. The number of nitrogens with zero attached hydrogens (tertiary/aromatic N) is 5. The Morgan fingerprint density at radius 3 is 1.79 bits per heavy atom. The molecule has 1 saturated heterocycles. The molecule has 56 heavy (non-hydrogen) atoms. The number of aromatic nitrogens is 2. The number of methoxy groups -OCH3 is 2. The zero-order chi connectivity index (χ0) is 40.5. The van der Waals surface area contributed by atoms with Crippen LogP contribution in [0.1, 0.15) is 47.3 Å². The van der Waals surface area contributed by atoms with Crippen molar-refractivity contribution in [2.45, 2.75) is 44.6 Å². The standard InChI is InChI=1S/C40H57ClN8O7/c1-47(19-24-53-3)34(50)27-55-32-15-11-29(12-16-32)8-5-21-49(23-7-10-31(26-49)44-40(52)36-38(42)46-39(43)37(41)45-36)22-6-9-30-13-17-33(18-14-30)56-28-35(51)48(2)20-25-54-4/h11-18,31H,5-10,19-28H2,1-4H3,(H4-,42,43,44,46,52)/p+1/t31-/m0/s1. The molecule has 1 aliphatic heterocycles. The molecule has 3 amide bonds. The van der Waals surface area contributed by atoms with Crippen LogP contribution in [0.15, 0.2) is 48.5 Å². The van der Waals surface area contributed by atoms with E-state index in [9.17, 15) is 14.4 Å². The number of benzene rings is 2. The third kappa shape index (κ3) is 13.8. The first-order chi connectivity index (χ1) is 26.9. The number of likely N-dealkylation sites (N-methyl/N-ethyl adjacent to an activating group) is 2. The zero-order valence-corrected chi connectivity index (χ0v) is 33.9. The van der Waals surface area contributed by atoms with Crippen LogP contribution < -0.4 is 26.3 Å². The van der Waals surface area contributed by atoms with E-state index in [0.717, 1.165) is 69.2 Å². The van der Waals surface area contributed by atoms with E-state index in [0.29, 0.717) is 37.8 Å². The summed E-state index contributed by atoms with van der Waals surface area (Å²) < 4.78 is 22.4. The third-order valence-corrected chi connectivity index (χ3v) is 10.4. The smallest absolute Gasteiger partial charge is 0.274 e. The lowest BCUT2D eigenvalue weighted by Gasteiger charge is -2.45. The fraction of sp³-hybridized carbons (Fsp3) is 0.525. The average Bonchev–Trinajstić information content (AvgIpc) is 3.19. The van der Waals surface area contributed by atoms with Crippen molar-refractivity contribution in [1.82, 2.24) is 25.1 Å². The van der Waals surface area contributed by atoms with E-state index < -0.39 is 5.91 Å². The molecule has 1 aromatic heterocycles. The van der Waals surface area contributed by atoms with Gasteiger partial charge in [0.15, 0.2) is 35.7 Å². The minimum atomic E-state index is -0.418. The van der Waals surface area contributed by atoms with Gasteiger partial charge in [-0.05, 0) is 61.1 Å². The number of aryl methyl sites for hydroxylation is 2. The lowest BCUT2D eigenvalue weighted by Crippen LogP contribution is -2.60. The number of carbonyl (C=O) groups excluding carboxylic acids is 3. The summed E-state index contributed by atoms with van der Waals surface area (Å²) in [5.41, 5.74) is 14.1. The van der Waals surface area contributed by atoms with Crippen LogP contribution >= 0.6 is 11.6 Å². The molecule has 16 heteroatoms. The van der Waals surface area contributed by atoms with Gasteiger partial charge in [0.25, 0.3) is 17.7 Å². The summed E-state index contributed by atoms with van der Waals surface area (Å²) in [5.74, 6) is 0.572. The van der Waals surface area contributed by atoms with Crippen LogP contribution in [0.5, 0.6) is 11.5 Å². The number of likely N-dealkylation sites (tertiary alicyclic amines) is 1. The monoisotopic (exact) mass is 797 g/mol. The number of piperidine rings is 1. The van der Waals surface area contributed by atoms with Crippen LogP contribution in [0.3, 0.4) is 0 Å². The van der Waals surface area contributed by atoms with Crippen LogP contribution in [-0.4, -0.2) is 142 Å². The number of hydrogen-bond donors (Lipinski definition) is 3. The first-order valence-electron chi connectivity index (χ1n) is 19.1. The molecule has 2 heterocycles. The van der Waals surface area contributed by atoms with Crippen LogP contribution in [0.4, 0.5) is 11.6 Å². The van der Waals surface area contributed by atoms with Gasteiger partial charge < -0.3 is 50.0 Å². The summed E-state index contributed by atoms with van der Waals surface area (Å²) in [6, 6.07) is 15.7. The lowest BCUT2D eigenvalue weighted by atomic mass is 9.99. The van der Waals surface area contributed by atoms with Gasteiger partial charge in [-0.25, -0.2) is 9.97 Å². The van der Waals surface area contributed by atoms with Gasteiger partial charge in [-0.3, -0.25) is 14.4 Å². The maximum Gasteiger partial charge on any atom is 0.274 e. The molecule has 3 aromatic rings. The number of carbonyl (C=O) groups is 3. The highest BCUT2D eigenvalue weighted by molar-refractivity contribution is 6.31. The van der Waals surface area contributed by atoms with Crippen LogP contribution in [0.25, 0.3) is 0 Å². The van der Waals surface area contributed by atoms with Gasteiger partial charge >= 0.3 is 0 Å². The van der Waals surface area contributed by atoms with Crippen molar-refractivity contribution in [2.24, 2.45) is 0 Å². The number of quaternary nitrogens is 1. The first kappa shape index (κ1) is 44.0. The Hall–Kier alpha value is -4.70. The van der Waals surface area contributed by atoms with Crippen LogP contribution in [0, 0.1) is 0 Å². The minimum absolute atomic E-state index is 0.0216. The molecule has 0 bridgehead atoms. The summed E-state index contributed by atoms with van der Waals surface area (Å²) in [4.78, 5) is 49.2. The molecule has 1 aliphatic rings. The predicted octanol–water partition coefficient (Wildman–Crippen LogP) is 3.24. The highest BCUT2D eigenvalue weighted by Gasteiger charge is 2.35. The molecule has 0 aliphatic carbocycles. The number of rotatable bonds is 22. The number of nitrogens with one attached hydrogen (secondary N) is 1. The van der Waals surface area contributed by atoms with Crippen molar-refractivity contribution in [2.75, 3.05) is 105 Å². The molecule has 1 fully saturated rings. The molecule has 0 radical (unpaired) electrons. The molecule has 0 unspecified atom stereocenters. The van der Waals surface area contributed by atoms with Gasteiger partial charge in [0, 0.05) is 54.2 Å². The van der Waals surface area contributed by atoms with E-state index in [1.165, 1.54) is 11.1 Å². The van der Waals surface area contributed by atoms with Gasteiger partial charge in [-0.2, -0.15) is 0 Å². The van der Waals surface area contributed by atoms with Crippen molar-refractivity contribution in [3.63, 3.8) is 0 Å². The van der Waals surface area contributed by atoms with E-state index in [1.54, 1.807) is 38.1 Å². The van der Waals surface area contributed by atoms with Gasteiger partial charge in [-0.15, -0.1) is 0 Å². The SMILES string of the molecule is COCCN(C)C(=O)COc1ccc(CCC[N+]2(CCCc3ccc(OCC(=O)N(C)CCOC)cc3)CCC[C@H](NC(=O)c3nc(Cl)c(N)nc3N)C2)cc1. The van der Waals surface area contributed by atoms with E-state index >= 15 is 0 Å². The van der Waals surface area contributed by atoms with E-state index in [4.69, 9.17) is 42.0 Å². The fourth-order valence-electron chi connectivity index (χ4n) is 6.78. The molecule has 2 aromatic carbocycles. The number of hydrogen-bond acceptors (Lipinski definition) is 11. The Balaban J connectivity index is 1.36. The van der Waals surface area contributed by atoms with Gasteiger partial charge in [-0.1, -0.05) is 35.9 Å². The Morgan fingerprint density at radius 1 is 0.804 bits per heavy atom. The highest BCUT2D eigenvalue weighted by atomic mass is 35.5. The molecule has 4 rings (SSSR count). The average molecular weight is 798 g/mol. The number of nitrogens with two attached hydrogens (primary N) is 2. The van der Waals surface area contributed by atoms with Crippen molar-refractivity contribution in [3.05, 3.63) is 70.5 Å². The molecule has 1 atom stereocenters. The van der Waals surface area contributed by atoms with Crippen LogP contribution in [0.2, 0.25) is 5.15 Å². The maximum atomic E-state index is 13.3. The minimum Gasteiger partial charge on any atom is -0.484 e. The molecule has 15 nitrogen and oxygen atoms in total. The third-order valence-electron chi connectivity index (χ3n) is 10.1. The molecule has 0 spiro atoms. The second kappa shape index (κ2) is 22.1. The first-order valence-corrected chi connectivity index (χ1v) is 19.4. The molecule has 5 N–H and O–H groups in total. The van der Waals surface area contributed by atoms with Gasteiger partial charge in [0.2, 0.25) is 0 Å². The quantitative estimate of drug-likeness (QED) is 0.127. The summed E-state index contributed by atoms with van der Waals surface area (Å²) in [7, 11) is 6.67. The number of halogens is 1. The molecular formula is C40H58ClN8O7+. The topological polar surface area (TPSA) is 184 Å². The Labute approximate surface area is 335 Å². The normalized spacial score (nSPS) is 14.8. The maximum absolute atomic E-state index is 13.3. The largest absolute Gasteiger partial charge is 0.484 e. The Bertz CT molecular complexity index is 1630. The second-order valence-electron chi connectivity index (χ2n) is 14.3. The number of ether oxygens (including phenoxy) is 4. The van der Waals surface area contributed by atoms with Crippen molar-refractivity contribution < 1.29 is 37.8 Å². The molecule has 0 saturated carbocycles. The summed E-state index contributed by atoms with van der Waals surface area (Å²) in [6.07, 6.45) is 5.42. The van der Waals surface area contributed by atoms with E-state index in [2.05, 4.69) is 15.3 Å². The molecule has 306 valence electrons. The Morgan fingerprint density at radius 2 is 1.30 bits per heavy atom. The van der Waals surface area contributed by atoms with Gasteiger partial charge in [0.05, 0.1) is 45.4 Å².